The summed E-state index contributed by atoms with van der Waals surface area (Å²) >= 11 is 1.04. The molecule has 0 spiro atoms. The van der Waals surface area contributed by atoms with Crippen LogP contribution in [-0.2, 0) is 19.1 Å². The third kappa shape index (κ3) is 5.06. The molecule has 2 heterocycles. The van der Waals surface area contributed by atoms with E-state index in [0.29, 0.717) is 4.57 Å². The van der Waals surface area contributed by atoms with Crippen molar-refractivity contribution in [1.29, 1.82) is 0 Å². The molecule has 1 aliphatic heterocycles. The van der Waals surface area contributed by atoms with Crippen LogP contribution in [0.2, 0.25) is 0 Å². The lowest BCUT2D eigenvalue weighted by Gasteiger charge is -2.20. The van der Waals surface area contributed by atoms with Crippen molar-refractivity contribution in [3.8, 4) is 0 Å². The van der Waals surface area contributed by atoms with E-state index in [0.717, 1.165) is 24.0 Å². The highest BCUT2D eigenvalue weighted by atomic mass is 32.2. The molecule has 1 aliphatic rings. The summed E-state index contributed by atoms with van der Waals surface area (Å²) in [6, 6.07) is 1.14. The van der Waals surface area contributed by atoms with Gasteiger partial charge < -0.3 is 20.3 Å². The molecular weight excluding hydrogens is 400 g/mol. The number of ether oxygens (including phenoxy) is 2. The maximum Gasteiger partial charge on any atom is 0.351 e. The Hall–Kier alpha value is -2.05. The minimum absolute atomic E-state index is 0.0302. The third-order valence-electron chi connectivity index (χ3n) is 4.00. The van der Waals surface area contributed by atoms with Gasteiger partial charge in [0, 0.05) is 12.1 Å². The Morgan fingerprint density at radius 3 is 2.75 bits per heavy atom. The van der Waals surface area contributed by atoms with Gasteiger partial charge in [0.15, 0.2) is 6.10 Å². The number of ketones is 1. The molecule has 0 amide bonds. The van der Waals surface area contributed by atoms with Crippen molar-refractivity contribution in [1.82, 2.24) is 9.55 Å². The summed E-state index contributed by atoms with van der Waals surface area (Å²) in [4.78, 5) is 38.3. The zero-order valence-electron chi connectivity index (χ0n) is 15.2. The molecule has 0 unspecified atom stereocenters. The maximum atomic E-state index is 14.3. The van der Waals surface area contributed by atoms with Crippen LogP contribution in [0.4, 0.5) is 14.6 Å². The first kappa shape index (κ1) is 22.2. The van der Waals surface area contributed by atoms with E-state index in [1.165, 1.54) is 0 Å². The zero-order valence-corrected chi connectivity index (χ0v) is 16.0. The number of alkyl halides is 2. The Balaban J connectivity index is 1.93. The van der Waals surface area contributed by atoms with Crippen molar-refractivity contribution in [2.75, 3.05) is 23.8 Å². The summed E-state index contributed by atoms with van der Waals surface area (Å²) in [6.45, 7) is 2.83. The van der Waals surface area contributed by atoms with Gasteiger partial charge in [-0.25, -0.2) is 4.79 Å². The minimum Gasteiger partial charge on any atom is -0.462 e. The fourth-order valence-corrected chi connectivity index (χ4v) is 3.22. The third-order valence-corrected chi connectivity index (χ3v) is 4.93. The average molecular weight is 421 g/mol. The van der Waals surface area contributed by atoms with Gasteiger partial charge >= 0.3 is 17.6 Å². The fraction of sp³-hybridized carbons (Fsp3) is 0.625. The Morgan fingerprint density at radius 1 is 1.46 bits per heavy atom. The molecule has 0 bridgehead atoms. The van der Waals surface area contributed by atoms with Crippen molar-refractivity contribution < 1.29 is 33.0 Å². The number of nitrogens with two attached hydrogens (primary N) is 1. The van der Waals surface area contributed by atoms with Gasteiger partial charge in [-0.3, -0.25) is 14.2 Å². The van der Waals surface area contributed by atoms with Crippen molar-refractivity contribution in [3.05, 3.63) is 22.7 Å². The van der Waals surface area contributed by atoms with Gasteiger partial charge in [-0.05, 0) is 6.07 Å². The predicted molar refractivity (Wildman–Crippen MR) is 95.9 cm³/mol. The van der Waals surface area contributed by atoms with Crippen LogP contribution in [-0.4, -0.2) is 62.7 Å². The number of aliphatic hydroxyl groups excluding tert-OH is 1. The standard InChI is InChI=1S/C16H21F2N3O6S/c1-8(2)9(22)6-28-7-12(23)26-5-10-13(24)16(17,18)14(27-10)21-4-3-11(19)20-15(21)25/h3-4,8,10,13-14,24H,5-7H2,1-2H3,(H2,19,20,25)/t10-,13+,14-/m1/s1. The lowest BCUT2D eigenvalue weighted by Crippen LogP contribution is -2.42. The molecule has 1 aromatic heterocycles. The van der Waals surface area contributed by atoms with Crippen LogP contribution in [0.15, 0.2) is 17.1 Å². The van der Waals surface area contributed by atoms with Crippen LogP contribution in [0.1, 0.15) is 20.1 Å². The van der Waals surface area contributed by atoms with Gasteiger partial charge in [0.25, 0.3) is 0 Å². The average Bonchev–Trinajstić information content (AvgIpc) is 2.83. The lowest BCUT2D eigenvalue weighted by atomic mass is 10.1. The van der Waals surface area contributed by atoms with Gasteiger partial charge in [-0.1, -0.05) is 13.8 Å². The van der Waals surface area contributed by atoms with E-state index in [1.54, 1.807) is 13.8 Å². The number of Topliss-reactive ketones (excluding diaryl/α,β-unsaturated/α-hetero) is 1. The van der Waals surface area contributed by atoms with E-state index < -0.39 is 42.6 Å². The summed E-state index contributed by atoms with van der Waals surface area (Å²) in [7, 11) is 0. The second-order valence-electron chi connectivity index (χ2n) is 6.49. The van der Waals surface area contributed by atoms with Crippen LogP contribution in [0.25, 0.3) is 0 Å². The van der Waals surface area contributed by atoms with Gasteiger partial charge in [0.1, 0.15) is 24.3 Å². The molecule has 0 radical (unpaired) electrons. The van der Waals surface area contributed by atoms with Gasteiger partial charge in [-0.15, -0.1) is 11.8 Å². The zero-order chi connectivity index (χ0) is 21.1. The monoisotopic (exact) mass is 421 g/mol. The van der Waals surface area contributed by atoms with Crippen LogP contribution in [0.5, 0.6) is 0 Å². The van der Waals surface area contributed by atoms with Crippen LogP contribution < -0.4 is 11.4 Å². The van der Waals surface area contributed by atoms with Crippen LogP contribution in [0.3, 0.4) is 0 Å². The number of nitrogens with zero attached hydrogens (tertiary/aromatic N) is 2. The van der Waals surface area contributed by atoms with Gasteiger partial charge in [-0.2, -0.15) is 13.8 Å². The summed E-state index contributed by atoms with van der Waals surface area (Å²) in [5, 5.41) is 9.84. The van der Waals surface area contributed by atoms with Crippen LogP contribution >= 0.6 is 11.8 Å². The van der Waals surface area contributed by atoms with E-state index in [1.807, 2.05) is 0 Å². The number of esters is 1. The quantitative estimate of drug-likeness (QED) is 0.565. The molecule has 1 aromatic rings. The number of thioether (sulfide) groups is 1. The molecule has 9 nitrogen and oxygen atoms in total. The normalized spacial score (nSPS) is 23.7. The topological polar surface area (TPSA) is 134 Å². The molecule has 156 valence electrons. The molecule has 0 aliphatic carbocycles. The number of rotatable bonds is 8. The number of carbonyl (C=O) groups is 2. The molecule has 1 fully saturated rings. The SMILES string of the molecule is CC(C)C(=O)CSCC(=O)OC[C@H]1O[C@@H](n2ccc(N)nc2=O)C(F)(F)[C@H]1O. The first-order valence-corrected chi connectivity index (χ1v) is 9.51. The number of halogens is 2. The van der Waals surface area contributed by atoms with Gasteiger partial charge in [0.2, 0.25) is 6.23 Å². The fourth-order valence-electron chi connectivity index (χ4n) is 2.33. The summed E-state index contributed by atoms with van der Waals surface area (Å²) in [5.74, 6) is -4.92. The number of hydrogen-bond donors (Lipinski definition) is 2. The molecular formula is C16H21F2N3O6S. The molecule has 2 rings (SSSR count). The Labute approximate surface area is 163 Å². The summed E-state index contributed by atoms with van der Waals surface area (Å²) in [5.41, 5.74) is 4.25. The second-order valence-corrected chi connectivity index (χ2v) is 7.47. The smallest absolute Gasteiger partial charge is 0.351 e. The molecule has 28 heavy (non-hydrogen) atoms. The molecule has 3 atom stereocenters. The minimum atomic E-state index is -3.82. The molecule has 0 aromatic carbocycles. The molecule has 1 saturated heterocycles. The van der Waals surface area contributed by atoms with E-state index in [9.17, 15) is 28.3 Å². The van der Waals surface area contributed by atoms with E-state index in [-0.39, 0.29) is 29.0 Å². The molecule has 3 N–H and O–H groups in total. The largest absolute Gasteiger partial charge is 0.462 e. The second kappa shape index (κ2) is 8.97. The van der Waals surface area contributed by atoms with E-state index in [4.69, 9.17) is 15.2 Å². The van der Waals surface area contributed by atoms with Crippen molar-refractivity contribution in [3.63, 3.8) is 0 Å². The summed E-state index contributed by atoms with van der Waals surface area (Å²) < 4.78 is 39.1. The lowest BCUT2D eigenvalue weighted by molar-refractivity contribution is -0.147. The number of aromatic nitrogens is 2. The number of nitrogen functional groups attached to an aromatic ring is 1. The van der Waals surface area contributed by atoms with Crippen molar-refractivity contribution >= 4 is 29.3 Å². The first-order chi connectivity index (χ1) is 13.0. The highest BCUT2D eigenvalue weighted by molar-refractivity contribution is 8.00. The highest BCUT2D eigenvalue weighted by Gasteiger charge is 2.60. The number of carbonyl (C=O) groups excluding carboxylic acids is 2. The molecule has 12 heteroatoms. The predicted octanol–water partition coefficient (Wildman–Crippen LogP) is 0.221. The molecule has 0 saturated carbocycles. The Kier molecular flexibility index (Phi) is 7.12. The van der Waals surface area contributed by atoms with Crippen LogP contribution in [0, 0.1) is 5.92 Å². The maximum absolute atomic E-state index is 14.3. The van der Waals surface area contributed by atoms with Crippen molar-refractivity contribution in [2.45, 2.75) is 38.2 Å². The van der Waals surface area contributed by atoms with E-state index >= 15 is 0 Å². The Bertz CT molecular complexity index is 788. The van der Waals surface area contributed by atoms with E-state index in [2.05, 4.69) is 4.98 Å². The number of aliphatic hydroxyl groups is 1. The highest BCUT2D eigenvalue weighted by Crippen LogP contribution is 2.42. The first-order valence-electron chi connectivity index (χ1n) is 8.36. The number of anilines is 1. The number of hydrogen-bond acceptors (Lipinski definition) is 9. The summed E-state index contributed by atoms with van der Waals surface area (Å²) in [6.07, 6.45) is -4.99. The van der Waals surface area contributed by atoms with Crippen molar-refractivity contribution in [2.24, 2.45) is 5.92 Å². The van der Waals surface area contributed by atoms with Gasteiger partial charge in [0.05, 0.1) is 11.5 Å². The Morgan fingerprint density at radius 2 is 2.14 bits per heavy atom.